The van der Waals surface area contributed by atoms with Crippen molar-refractivity contribution in [2.75, 3.05) is 11.1 Å². The first-order chi connectivity index (χ1) is 17.4. The summed E-state index contributed by atoms with van der Waals surface area (Å²) in [7, 11) is 2.96. The number of rotatable bonds is 11. The Hall–Kier alpha value is -3.22. The Balaban J connectivity index is 1.84. The summed E-state index contributed by atoms with van der Waals surface area (Å²) >= 11 is 1.12. The van der Waals surface area contributed by atoms with Gasteiger partial charge in [0.1, 0.15) is 5.75 Å². The van der Waals surface area contributed by atoms with Gasteiger partial charge in [0.15, 0.2) is 16.3 Å². The summed E-state index contributed by atoms with van der Waals surface area (Å²) in [5, 5.41) is 3.06. The van der Waals surface area contributed by atoms with Crippen LogP contribution in [0.5, 0.6) is 5.75 Å². The van der Waals surface area contributed by atoms with Gasteiger partial charge >= 0.3 is 12.1 Å². The van der Waals surface area contributed by atoms with Crippen LogP contribution in [-0.2, 0) is 25.4 Å². The molecule has 1 N–H and O–H groups in total. The molecule has 202 valence electrons. The van der Waals surface area contributed by atoms with Crippen LogP contribution in [0.25, 0.3) is 11.2 Å². The van der Waals surface area contributed by atoms with Crippen LogP contribution < -0.4 is 21.3 Å². The third-order valence-electron chi connectivity index (χ3n) is 6.00. The third-order valence-corrected chi connectivity index (χ3v) is 6.98. The number of carbonyl (C=O) groups is 1. The Morgan fingerprint density at radius 3 is 2.41 bits per heavy atom. The van der Waals surface area contributed by atoms with E-state index in [2.05, 4.69) is 28.9 Å². The fourth-order valence-electron chi connectivity index (χ4n) is 3.95. The summed E-state index contributed by atoms with van der Waals surface area (Å²) in [5.41, 5.74) is -0.0827. The normalized spacial score (nSPS) is 12.6. The highest BCUT2D eigenvalue weighted by molar-refractivity contribution is 7.99. The average Bonchev–Trinajstić information content (AvgIpc) is 3.21. The van der Waals surface area contributed by atoms with E-state index in [0.717, 1.165) is 54.1 Å². The van der Waals surface area contributed by atoms with E-state index in [4.69, 9.17) is 0 Å². The number of hydrogen-bond acceptors (Lipinski definition) is 6. The summed E-state index contributed by atoms with van der Waals surface area (Å²) in [5.74, 6) is -0.587. The Morgan fingerprint density at radius 1 is 1.14 bits per heavy atom. The van der Waals surface area contributed by atoms with E-state index in [1.165, 1.54) is 23.7 Å². The zero-order chi connectivity index (χ0) is 27.3. The number of alkyl halides is 3. The van der Waals surface area contributed by atoms with Crippen LogP contribution in [0.4, 0.5) is 18.9 Å². The highest BCUT2D eigenvalue weighted by atomic mass is 32.2. The van der Waals surface area contributed by atoms with Crippen LogP contribution in [0.15, 0.2) is 39.0 Å². The van der Waals surface area contributed by atoms with E-state index in [-0.39, 0.29) is 17.3 Å². The number of anilines is 1. The zero-order valence-corrected chi connectivity index (χ0v) is 21.9. The molecule has 0 bridgehead atoms. The average molecular weight is 542 g/mol. The molecule has 2 heterocycles. The molecule has 1 unspecified atom stereocenters. The summed E-state index contributed by atoms with van der Waals surface area (Å²) in [6.07, 6.45) is -0.853. The van der Waals surface area contributed by atoms with Crippen molar-refractivity contribution >= 4 is 34.5 Å². The van der Waals surface area contributed by atoms with Crippen molar-refractivity contribution in [3.8, 4) is 5.75 Å². The van der Waals surface area contributed by atoms with Gasteiger partial charge in [-0.15, -0.1) is 13.2 Å². The monoisotopic (exact) mass is 541 g/mol. The molecule has 0 saturated carbocycles. The Bertz CT molecular complexity index is 1360. The van der Waals surface area contributed by atoms with Crippen molar-refractivity contribution in [1.29, 1.82) is 0 Å². The molecule has 9 nitrogen and oxygen atoms in total. The van der Waals surface area contributed by atoms with Gasteiger partial charge in [0.25, 0.3) is 5.56 Å². The number of carbonyl (C=O) groups excluding carboxylic acids is 1. The molecule has 0 aliphatic carbocycles. The number of nitrogens with one attached hydrogen (secondary N) is 1. The molecule has 1 amide bonds. The van der Waals surface area contributed by atoms with E-state index in [9.17, 15) is 27.6 Å². The molecule has 1 atom stereocenters. The van der Waals surface area contributed by atoms with Gasteiger partial charge in [0.05, 0.1) is 5.75 Å². The van der Waals surface area contributed by atoms with Gasteiger partial charge in [-0.25, -0.2) is 9.78 Å². The first kappa shape index (κ1) is 28.4. The number of fused-ring (bicyclic) bond motifs is 1. The second kappa shape index (κ2) is 11.9. The van der Waals surface area contributed by atoms with Crippen LogP contribution in [0, 0.1) is 5.92 Å². The number of amides is 1. The highest BCUT2D eigenvalue weighted by Gasteiger charge is 2.31. The highest BCUT2D eigenvalue weighted by Crippen LogP contribution is 2.27. The second-order valence-electron chi connectivity index (χ2n) is 8.71. The van der Waals surface area contributed by atoms with Crippen molar-refractivity contribution in [2.45, 2.75) is 57.6 Å². The topological polar surface area (TPSA) is 100 Å². The minimum atomic E-state index is -4.80. The number of thioether (sulfide) groups is 1. The lowest BCUT2D eigenvalue weighted by Gasteiger charge is -2.17. The molecule has 13 heteroatoms. The molecule has 0 fully saturated rings. The van der Waals surface area contributed by atoms with Crippen molar-refractivity contribution in [1.82, 2.24) is 18.7 Å². The first-order valence-electron chi connectivity index (χ1n) is 11.9. The molecular weight excluding hydrogens is 511 g/mol. The number of aromatic nitrogens is 4. The van der Waals surface area contributed by atoms with E-state index in [1.807, 2.05) is 0 Å². The lowest BCUT2D eigenvalue weighted by molar-refractivity contribution is -0.274. The molecular formula is C24H30F3N5O4S. The molecule has 3 rings (SSSR count). The zero-order valence-electron chi connectivity index (χ0n) is 21.1. The maximum atomic E-state index is 13.0. The predicted octanol–water partition coefficient (Wildman–Crippen LogP) is 4.28. The maximum Gasteiger partial charge on any atom is 0.573 e. The van der Waals surface area contributed by atoms with Gasteiger partial charge in [-0.3, -0.25) is 18.7 Å². The van der Waals surface area contributed by atoms with Gasteiger partial charge in [-0.1, -0.05) is 44.9 Å². The number of unbranched alkanes of at least 4 members (excludes halogenated alkanes) is 1. The van der Waals surface area contributed by atoms with Crippen LogP contribution in [-0.4, -0.2) is 36.7 Å². The Labute approximate surface area is 215 Å². The Kier molecular flexibility index (Phi) is 9.11. The van der Waals surface area contributed by atoms with E-state index >= 15 is 0 Å². The molecule has 3 aromatic rings. The van der Waals surface area contributed by atoms with Crippen molar-refractivity contribution < 1.29 is 22.7 Å². The number of hydrogen-bond donors (Lipinski definition) is 1. The summed E-state index contributed by atoms with van der Waals surface area (Å²) in [6.45, 7) is 4.71. The van der Waals surface area contributed by atoms with Crippen molar-refractivity contribution in [3.63, 3.8) is 0 Å². The molecule has 1 aromatic carbocycles. The van der Waals surface area contributed by atoms with E-state index in [1.54, 1.807) is 11.6 Å². The molecule has 0 saturated heterocycles. The molecule has 0 spiro atoms. The van der Waals surface area contributed by atoms with Gasteiger partial charge in [0, 0.05) is 26.3 Å². The summed E-state index contributed by atoms with van der Waals surface area (Å²) in [4.78, 5) is 42.6. The van der Waals surface area contributed by atoms with E-state index < -0.39 is 29.3 Å². The quantitative estimate of drug-likeness (QED) is 0.364. The molecule has 2 aromatic heterocycles. The smallest absolute Gasteiger partial charge is 0.406 e. The minimum Gasteiger partial charge on any atom is -0.406 e. The second-order valence-corrected chi connectivity index (χ2v) is 9.65. The van der Waals surface area contributed by atoms with Crippen molar-refractivity contribution in [3.05, 3.63) is 45.1 Å². The predicted molar refractivity (Wildman–Crippen MR) is 136 cm³/mol. The SMILES string of the molecule is CCCCC(CC)Cn1c(SCC(=O)Nc2ccc(OC(F)(F)F)cc2)nc2c1c(=O)n(C)c(=O)n2C. The first-order valence-corrected chi connectivity index (χ1v) is 12.9. The number of benzene rings is 1. The summed E-state index contributed by atoms with van der Waals surface area (Å²) in [6, 6.07) is 4.82. The largest absolute Gasteiger partial charge is 0.573 e. The molecule has 0 aliphatic heterocycles. The lowest BCUT2D eigenvalue weighted by atomic mass is 9.99. The van der Waals surface area contributed by atoms with Gasteiger partial charge in [0.2, 0.25) is 5.91 Å². The van der Waals surface area contributed by atoms with Crippen LogP contribution in [0.1, 0.15) is 39.5 Å². The number of ether oxygens (including phenoxy) is 1. The number of imidazole rings is 1. The van der Waals surface area contributed by atoms with Crippen LogP contribution in [0.3, 0.4) is 0 Å². The van der Waals surface area contributed by atoms with Gasteiger partial charge in [-0.2, -0.15) is 0 Å². The number of aryl methyl sites for hydroxylation is 1. The molecule has 37 heavy (non-hydrogen) atoms. The van der Waals surface area contributed by atoms with Crippen molar-refractivity contribution in [2.24, 2.45) is 20.0 Å². The fraction of sp³-hybridized carbons (Fsp3) is 0.500. The van der Waals surface area contributed by atoms with E-state index in [0.29, 0.717) is 22.9 Å². The number of nitrogens with zero attached hydrogens (tertiary/aromatic N) is 4. The summed E-state index contributed by atoms with van der Waals surface area (Å²) < 4.78 is 45.0. The maximum absolute atomic E-state index is 13.0. The van der Waals surface area contributed by atoms with Crippen LogP contribution in [0.2, 0.25) is 0 Å². The van der Waals surface area contributed by atoms with Gasteiger partial charge < -0.3 is 14.6 Å². The molecule has 0 radical (unpaired) electrons. The third kappa shape index (κ3) is 6.96. The number of halogens is 3. The fourth-order valence-corrected chi connectivity index (χ4v) is 4.75. The lowest BCUT2D eigenvalue weighted by Crippen LogP contribution is -2.37. The minimum absolute atomic E-state index is 0.0653. The van der Waals surface area contributed by atoms with Gasteiger partial charge in [-0.05, 0) is 36.6 Å². The standard InChI is InChI=1S/C24H30F3N5O4S/c1-5-7-8-15(6-2)13-32-19-20(30(3)23(35)31(4)21(19)34)29-22(32)37-14-18(33)28-16-9-11-17(12-10-16)36-24(25,26)27/h9-12,15H,5-8,13-14H2,1-4H3,(H,28,33). The Morgan fingerprint density at radius 2 is 1.81 bits per heavy atom. The van der Waals surface area contributed by atoms with Crippen LogP contribution >= 0.6 is 11.8 Å². The molecule has 0 aliphatic rings.